The van der Waals surface area contributed by atoms with Crippen LogP contribution < -0.4 is 0 Å². The van der Waals surface area contributed by atoms with Gasteiger partial charge in [-0.1, -0.05) is 6.42 Å². The van der Waals surface area contributed by atoms with Crippen LogP contribution in [0.25, 0.3) is 0 Å². The summed E-state index contributed by atoms with van der Waals surface area (Å²) in [4.78, 5) is 0. The van der Waals surface area contributed by atoms with Crippen LogP contribution in [0.3, 0.4) is 0 Å². The van der Waals surface area contributed by atoms with Crippen LogP contribution in [0.1, 0.15) is 25.7 Å². The van der Waals surface area contributed by atoms with Gasteiger partial charge in [0, 0.05) is 6.42 Å². The van der Waals surface area contributed by atoms with Gasteiger partial charge in [-0.3, -0.25) is 5.41 Å². The standard InChI is InChI=1S/C13H12N4O2/c14-5-11(6-15)8-18-13-4-2-1-3-9(13)12(11,7-16)10(17)19-13/h9,17H,1-4,8H2/t9-,12-,13+/m1/s1. The maximum Gasteiger partial charge on any atom is 0.217 e. The zero-order chi connectivity index (χ0) is 13.7. The third-order valence-electron chi connectivity index (χ3n) is 4.72. The van der Waals surface area contributed by atoms with Crippen LogP contribution in [0.2, 0.25) is 0 Å². The van der Waals surface area contributed by atoms with Crippen molar-refractivity contribution in [3.05, 3.63) is 0 Å². The van der Waals surface area contributed by atoms with Gasteiger partial charge >= 0.3 is 0 Å². The number of nitriles is 3. The van der Waals surface area contributed by atoms with Crippen molar-refractivity contribution in [3.63, 3.8) is 0 Å². The summed E-state index contributed by atoms with van der Waals surface area (Å²) >= 11 is 0. The Labute approximate surface area is 110 Å². The molecular formula is C13H12N4O2. The fourth-order valence-electron chi connectivity index (χ4n) is 3.72. The van der Waals surface area contributed by atoms with Crippen LogP contribution in [-0.4, -0.2) is 18.3 Å². The van der Waals surface area contributed by atoms with E-state index in [1.807, 2.05) is 12.1 Å². The molecule has 1 N–H and O–H groups in total. The van der Waals surface area contributed by atoms with E-state index in [0.29, 0.717) is 12.8 Å². The third kappa shape index (κ3) is 1.06. The first-order chi connectivity index (χ1) is 9.11. The SMILES string of the molecule is N#CC1(C#N)CO[C@]23CCCC[C@@H]2[C@]1(C#N)C(=N)O3. The molecule has 2 aliphatic heterocycles. The number of rotatable bonds is 0. The molecular weight excluding hydrogens is 244 g/mol. The summed E-state index contributed by atoms with van der Waals surface area (Å²) in [7, 11) is 0. The Morgan fingerprint density at radius 3 is 2.53 bits per heavy atom. The minimum absolute atomic E-state index is 0.174. The predicted molar refractivity (Wildman–Crippen MR) is 61.2 cm³/mol. The molecule has 1 aliphatic carbocycles. The average molecular weight is 256 g/mol. The van der Waals surface area contributed by atoms with E-state index in [1.165, 1.54) is 0 Å². The molecule has 1 saturated carbocycles. The molecule has 2 heterocycles. The molecule has 3 aliphatic rings. The summed E-state index contributed by atoms with van der Waals surface area (Å²) in [5.74, 6) is -1.65. The van der Waals surface area contributed by atoms with Gasteiger partial charge in [0.05, 0.1) is 30.7 Å². The van der Waals surface area contributed by atoms with E-state index in [4.69, 9.17) is 14.9 Å². The fraction of sp³-hybridized carbons (Fsp3) is 0.692. The first kappa shape index (κ1) is 12.0. The molecule has 19 heavy (non-hydrogen) atoms. The monoisotopic (exact) mass is 256 g/mol. The second-order valence-electron chi connectivity index (χ2n) is 5.38. The zero-order valence-electron chi connectivity index (χ0n) is 10.3. The highest BCUT2D eigenvalue weighted by Gasteiger charge is 2.77. The number of nitrogens with one attached hydrogen (secondary N) is 1. The largest absolute Gasteiger partial charge is 0.447 e. The highest BCUT2D eigenvalue weighted by atomic mass is 16.7. The minimum atomic E-state index is -1.65. The summed E-state index contributed by atoms with van der Waals surface area (Å²) < 4.78 is 11.3. The molecule has 3 atom stereocenters. The van der Waals surface area contributed by atoms with E-state index in [0.717, 1.165) is 12.8 Å². The van der Waals surface area contributed by atoms with Gasteiger partial charge in [-0.25, -0.2) is 0 Å². The number of hydrogen-bond donors (Lipinski definition) is 1. The second kappa shape index (κ2) is 3.47. The predicted octanol–water partition coefficient (Wildman–Crippen LogP) is 1.45. The molecule has 2 saturated heterocycles. The van der Waals surface area contributed by atoms with E-state index in [1.54, 1.807) is 0 Å². The Morgan fingerprint density at radius 1 is 1.16 bits per heavy atom. The van der Waals surface area contributed by atoms with Crippen molar-refractivity contribution < 1.29 is 9.47 Å². The minimum Gasteiger partial charge on any atom is -0.447 e. The maximum absolute atomic E-state index is 9.64. The second-order valence-corrected chi connectivity index (χ2v) is 5.38. The lowest BCUT2D eigenvalue weighted by Crippen LogP contribution is -2.59. The number of hydrogen-bond acceptors (Lipinski definition) is 6. The average Bonchev–Trinajstić information content (AvgIpc) is 2.65. The summed E-state index contributed by atoms with van der Waals surface area (Å²) in [6.45, 7) is -0.174. The van der Waals surface area contributed by atoms with Gasteiger partial charge in [0.15, 0.2) is 10.8 Å². The van der Waals surface area contributed by atoms with E-state index < -0.39 is 22.5 Å². The Morgan fingerprint density at radius 2 is 1.89 bits per heavy atom. The van der Waals surface area contributed by atoms with E-state index in [2.05, 4.69) is 6.07 Å². The van der Waals surface area contributed by atoms with Gasteiger partial charge in [-0.15, -0.1) is 0 Å². The first-order valence-corrected chi connectivity index (χ1v) is 6.26. The summed E-state index contributed by atoms with van der Waals surface area (Å²) in [5.41, 5.74) is -3.14. The Bertz CT molecular complexity index is 567. The summed E-state index contributed by atoms with van der Waals surface area (Å²) in [6, 6.07) is 5.91. The van der Waals surface area contributed by atoms with Crippen LogP contribution in [-0.2, 0) is 9.47 Å². The van der Waals surface area contributed by atoms with Crippen molar-refractivity contribution >= 4 is 5.90 Å². The molecule has 0 spiro atoms. The zero-order valence-corrected chi connectivity index (χ0v) is 10.3. The highest BCUT2D eigenvalue weighted by molar-refractivity contribution is 5.89. The lowest BCUT2D eigenvalue weighted by Gasteiger charge is -2.47. The molecule has 3 rings (SSSR count). The van der Waals surface area contributed by atoms with Crippen molar-refractivity contribution in [2.24, 2.45) is 16.7 Å². The van der Waals surface area contributed by atoms with E-state index in [-0.39, 0.29) is 12.5 Å². The van der Waals surface area contributed by atoms with Crippen molar-refractivity contribution in [2.45, 2.75) is 31.5 Å². The topological polar surface area (TPSA) is 114 Å². The lowest BCUT2D eigenvalue weighted by molar-refractivity contribution is -0.260. The molecule has 0 radical (unpaired) electrons. The third-order valence-corrected chi connectivity index (χ3v) is 4.72. The number of ether oxygens (including phenoxy) is 2. The molecule has 96 valence electrons. The molecule has 2 bridgehead atoms. The molecule has 6 heteroatoms. The van der Waals surface area contributed by atoms with Gasteiger partial charge in [0.25, 0.3) is 0 Å². The molecule has 0 aromatic carbocycles. The van der Waals surface area contributed by atoms with E-state index >= 15 is 0 Å². The van der Waals surface area contributed by atoms with Gasteiger partial charge in [0.2, 0.25) is 11.7 Å². The highest BCUT2D eigenvalue weighted by Crippen LogP contribution is 2.64. The Balaban J connectivity index is 2.25. The molecule has 0 aromatic rings. The number of nitrogens with zero attached hydrogens (tertiary/aromatic N) is 3. The fourth-order valence-corrected chi connectivity index (χ4v) is 3.72. The van der Waals surface area contributed by atoms with E-state index in [9.17, 15) is 15.8 Å². The smallest absolute Gasteiger partial charge is 0.217 e. The maximum atomic E-state index is 9.64. The van der Waals surface area contributed by atoms with Gasteiger partial charge < -0.3 is 9.47 Å². The first-order valence-electron chi connectivity index (χ1n) is 6.26. The summed E-state index contributed by atoms with van der Waals surface area (Å²) in [6.07, 6.45) is 3.04. The van der Waals surface area contributed by atoms with Crippen molar-refractivity contribution in [2.75, 3.05) is 6.61 Å². The van der Waals surface area contributed by atoms with Crippen molar-refractivity contribution in [3.8, 4) is 18.2 Å². The van der Waals surface area contributed by atoms with Crippen LogP contribution in [0, 0.1) is 56.2 Å². The van der Waals surface area contributed by atoms with Gasteiger partial charge in [0.1, 0.15) is 0 Å². The Kier molecular flexibility index (Phi) is 2.18. The van der Waals surface area contributed by atoms with Crippen LogP contribution in [0.15, 0.2) is 0 Å². The normalized spacial score (nSPS) is 42.2. The van der Waals surface area contributed by atoms with Crippen LogP contribution in [0.5, 0.6) is 0 Å². The molecule has 0 unspecified atom stereocenters. The van der Waals surface area contributed by atoms with Gasteiger partial charge in [-0.05, 0) is 12.8 Å². The molecule has 6 nitrogen and oxygen atoms in total. The van der Waals surface area contributed by atoms with Crippen molar-refractivity contribution in [1.82, 2.24) is 0 Å². The van der Waals surface area contributed by atoms with Crippen LogP contribution >= 0.6 is 0 Å². The van der Waals surface area contributed by atoms with Crippen molar-refractivity contribution in [1.29, 1.82) is 21.2 Å². The summed E-state index contributed by atoms with van der Waals surface area (Å²) in [5, 5.41) is 36.5. The van der Waals surface area contributed by atoms with Crippen LogP contribution in [0.4, 0.5) is 0 Å². The molecule has 0 aromatic heterocycles. The molecule has 0 amide bonds. The quantitative estimate of drug-likeness (QED) is 0.704. The van der Waals surface area contributed by atoms with Gasteiger partial charge in [-0.2, -0.15) is 15.8 Å². The molecule has 3 fully saturated rings. The lowest BCUT2D eigenvalue weighted by atomic mass is 9.54. The Hall–Kier alpha value is -2.10.